The highest BCUT2D eigenvalue weighted by atomic mass is 16.2. The molecule has 0 aromatic rings. The molecule has 2 nitrogen and oxygen atoms in total. The van der Waals surface area contributed by atoms with E-state index in [-0.39, 0.29) is 11.6 Å². The molecule has 1 rings (SSSR count). The van der Waals surface area contributed by atoms with E-state index in [0.717, 1.165) is 0 Å². The molecule has 12 heavy (non-hydrogen) atoms. The first-order valence-corrected chi connectivity index (χ1v) is 3.90. The third kappa shape index (κ3) is 1.37. The Morgan fingerprint density at radius 2 is 1.83 bits per heavy atom. The van der Waals surface area contributed by atoms with Gasteiger partial charge in [0.1, 0.15) is 0 Å². The summed E-state index contributed by atoms with van der Waals surface area (Å²) in [6.45, 7) is 5.15. The van der Waals surface area contributed by atoms with E-state index in [0.29, 0.717) is 5.57 Å². The van der Waals surface area contributed by atoms with Crippen LogP contribution in [0.2, 0.25) is 0 Å². The molecule has 0 saturated carbocycles. The second kappa shape index (κ2) is 2.70. The van der Waals surface area contributed by atoms with Crippen molar-refractivity contribution in [2.24, 2.45) is 5.41 Å². The summed E-state index contributed by atoms with van der Waals surface area (Å²) in [4.78, 5) is 22.7. The first-order chi connectivity index (χ1) is 5.45. The molecule has 2 heteroatoms. The maximum atomic E-state index is 11.4. The standard InChI is InChI=1S/C10H12O2/c1-7-5-4-6-10(2,3)9(12)8(7)11/h4-6H,1-3H3. The van der Waals surface area contributed by atoms with Gasteiger partial charge in [-0.3, -0.25) is 9.59 Å². The number of allylic oxidation sites excluding steroid dienone is 4. The number of ketones is 2. The van der Waals surface area contributed by atoms with Crippen LogP contribution in [0.25, 0.3) is 0 Å². The molecule has 0 unspecified atom stereocenters. The zero-order valence-corrected chi connectivity index (χ0v) is 7.55. The molecule has 0 aromatic heterocycles. The van der Waals surface area contributed by atoms with Crippen molar-refractivity contribution < 1.29 is 9.59 Å². The van der Waals surface area contributed by atoms with Crippen molar-refractivity contribution in [3.63, 3.8) is 0 Å². The van der Waals surface area contributed by atoms with E-state index < -0.39 is 5.41 Å². The molecular formula is C10H12O2. The van der Waals surface area contributed by atoms with Crippen molar-refractivity contribution in [1.82, 2.24) is 0 Å². The van der Waals surface area contributed by atoms with Crippen LogP contribution >= 0.6 is 0 Å². The molecule has 0 N–H and O–H groups in total. The molecule has 1 aliphatic carbocycles. The van der Waals surface area contributed by atoms with E-state index in [1.807, 2.05) is 0 Å². The highest BCUT2D eigenvalue weighted by molar-refractivity contribution is 6.45. The Labute approximate surface area is 72.0 Å². The summed E-state index contributed by atoms with van der Waals surface area (Å²) in [6.07, 6.45) is 5.19. The van der Waals surface area contributed by atoms with Gasteiger partial charge in [0.05, 0.1) is 0 Å². The fraction of sp³-hybridized carbons (Fsp3) is 0.400. The molecule has 0 bridgehead atoms. The maximum Gasteiger partial charge on any atom is 0.225 e. The van der Waals surface area contributed by atoms with Crippen molar-refractivity contribution in [2.45, 2.75) is 20.8 Å². The van der Waals surface area contributed by atoms with E-state index >= 15 is 0 Å². The summed E-state index contributed by atoms with van der Waals surface area (Å²) < 4.78 is 0. The van der Waals surface area contributed by atoms with Crippen molar-refractivity contribution in [3.8, 4) is 0 Å². The fourth-order valence-corrected chi connectivity index (χ4v) is 1.06. The molecule has 0 radical (unpaired) electrons. The van der Waals surface area contributed by atoms with Crippen LogP contribution in [0.3, 0.4) is 0 Å². The third-order valence-corrected chi connectivity index (χ3v) is 2.01. The SMILES string of the molecule is CC1=CC=CC(C)(C)C(=O)C1=O. The maximum absolute atomic E-state index is 11.4. The van der Waals surface area contributed by atoms with Gasteiger partial charge in [0.2, 0.25) is 11.6 Å². The minimum atomic E-state index is -0.647. The summed E-state index contributed by atoms with van der Waals surface area (Å²) >= 11 is 0. The van der Waals surface area contributed by atoms with Crippen molar-refractivity contribution >= 4 is 11.6 Å². The lowest BCUT2D eigenvalue weighted by Crippen LogP contribution is -2.29. The van der Waals surface area contributed by atoms with Crippen LogP contribution in [-0.2, 0) is 9.59 Å². The number of rotatable bonds is 0. The summed E-state index contributed by atoms with van der Waals surface area (Å²) in [6, 6.07) is 0. The van der Waals surface area contributed by atoms with Gasteiger partial charge in [-0.05, 0) is 20.8 Å². The number of carbonyl (C=O) groups is 2. The zero-order valence-electron chi connectivity index (χ0n) is 7.55. The molecule has 0 fully saturated rings. The molecule has 64 valence electrons. The second-order valence-electron chi connectivity index (χ2n) is 3.59. The highest BCUT2D eigenvalue weighted by Gasteiger charge is 2.31. The number of Topliss-reactive ketones (excluding diaryl/α,β-unsaturated/α-hetero) is 2. The predicted molar refractivity (Wildman–Crippen MR) is 46.7 cm³/mol. The molecule has 0 spiro atoms. The fourth-order valence-electron chi connectivity index (χ4n) is 1.06. The van der Waals surface area contributed by atoms with E-state index in [2.05, 4.69) is 0 Å². The minimum Gasteiger partial charge on any atom is -0.290 e. The predicted octanol–water partition coefficient (Wildman–Crippen LogP) is 1.67. The number of hydrogen-bond donors (Lipinski definition) is 0. The Hall–Kier alpha value is -1.18. The molecule has 0 saturated heterocycles. The molecule has 0 aliphatic heterocycles. The summed E-state index contributed by atoms with van der Waals surface area (Å²) in [5.41, 5.74) is -0.132. The van der Waals surface area contributed by atoms with Gasteiger partial charge in [-0.25, -0.2) is 0 Å². The van der Waals surface area contributed by atoms with Crippen LogP contribution < -0.4 is 0 Å². The minimum absolute atomic E-state index is 0.329. The van der Waals surface area contributed by atoms with Crippen molar-refractivity contribution in [3.05, 3.63) is 23.8 Å². The van der Waals surface area contributed by atoms with Gasteiger partial charge in [0.25, 0.3) is 0 Å². The molecule has 0 heterocycles. The van der Waals surface area contributed by atoms with Crippen LogP contribution in [-0.4, -0.2) is 11.6 Å². The number of hydrogen-bond acceptors (Lipinski definition) is 2. The van der Waals surface area contributed by atoms with Gasteiger partial charge in [0.15, 0.2) is 0 Å². The highest BCUT2D eigenvalue weighted by Crippen LogP contribution is 2.23. The second-order valence-corrected chi connectivity index (χ2v) is 3.59. The van der Waals surface area contributed by atoms with Crippen molar-refractivity contribution in [1.29, 1.82) is 0 Å². The monoisotopic (exact) mass is 164 g/mol. The van der Waals surface area contributed by atoms with Crippen LogP contribution in [0.1, 0.15) is 20.8 Å². The summed E-state index contributed by atoms with van der Waals surface area (Å²) in [5, 5.41) is 0. The smallest absolute Gasteiger partial charge is 0.225 e. The summed E-state index contributed by atoms with van der Waals surface area (Å²) in [7, 11) is 0. The Balaban J connectivity index is 3.13. The van der Waals surface area contributed by atoms with Gasteiger partial charge in [-0.2, -0.15) is 0 Å². The van der Waals surface area contributed by atoms with Crippen LogP contribution in [0.4, 0.5) is 0 Å². The first-order valence-electron chi connectivity index (χ1n) is 3.90. The van der Waals surface area contributed by atoms with Crippen molar-refractivity contribution in [2.75, 3.05) is 0 Å². The molecule has 0 atom stereocenters. The first kappa shape index (κ1) is 8.91. The quantitative estimate of drug-likeness (QED) is 0.510. The number of carbonyl (C=O) groups excluding carboxylic acids is 2. The summed E-state index contributed by atoms with van der Waals surface area (Å²) in [5.74, 6) is -0.699. The van der Waals surface area contributed by atoms with Gasteiger partial charge in [-0.15, -0.1) is 0 Å². The topological polar surface area (TPSA) is 34.1 Å². The van der Waals surface area contributed by atoms with Gasteiger partial charge in [-0.1, -0.05) is 18.2 Å². The lowest BCUT2D eigenvalue weighted by Gasteiger charge is -2.15. The molecule has 0 amide bonds. The van der Waals surface area contributed by atoms with Crippen LogP contribution in [0.15, 0.2) is 23.8 Å². The Morgan fingerprint density at radius 3 is 2.42 bits per heavy atom. The normalized spacial score (nSPS) is 22.1. The average molecular weight is 164 g/mol. The Bertz CT molecular complexity index is 293. The third-order valence-electron chi connectivity index (χ3n) is 2.01. The van der Waals surface area contributed by atoms with E-state index in [4.69, 9.17) is 0 Å². The van der Waals surface area contributed by atoms with Crippen LogP contribution in [0, 0.1) is 5.41 Å². The Kier molecular flexibility index (Phi) is 2.01. The lowest BCUT2D eigenvalue weighted by atomic mass is 9.85. The van der Waals surface area contributed by atoms with E-state index in [1.165, 1.54) is 0 Å². The Morgan fingerprint density at radius 1 is 1.25 bits per heavy atom. The lowest BCUT2D eigenvalue weighted by molar-refractivity contribution is -0.138. The van der Waals surface area contributed by atoms with Gasteiger partial charge >= 0.3 is 0 Å². The van der Waals surface area contributed by atoms with Gasteiger partial charge in [0, 0.05) is 11.0 Å². The van der Waals surface area contributed by atoms with E-state index in [1.54, 1.807) is 39.0 Å². The van der Waals surface area contributed by atoms with Crippen LogP contribution in [0.5, 0.6) is 0 Å². The largest absolute Gasteiger partial charge is 0.290 e. The zero-order chi connectivity index (χ0) is 9.35. The molecular weight excluding hydrogens is 152 g/mol. The van der Waals surface area contributed by atoms with Gasteiger partial charge < -0.3 is 0 Å². The molecule has 0 aromatic carbocycles. The molecule has 1 aliphatic rings. The average Bonchev–Trinajstić information content (AvgIpc) is 2.06. The van der Waals surface area contributed by atoms with E-state index in [9.17, 15) is 9.59 Å².